The van der Waals surface area contributed by atoms with Gasteiger partial charge in [0, 0.05) is 12.2 Å². The largest absolute Gasteiger partial charge is 0.349 e. The number of nitrogens with zero attached hydrogens (tertiary/aromatic N) is 1. The van der Waals surface area contributed by atoms with Crippen molar-refractivity contribution in [3.05, 3.63) is 30.1 Å². The highest BCUT2D eigenvalue weighted by Crippen LogP contribution is 2.11. The van der Waals surface area contributed by atoms with Crippen LogP contribution in [-0.2, 0) is 0 Å². The van der Waals surface area contributed by atoms with Crippen molar-refractivity contribution in [3.63, 3.8) is 0 Å². The Morgan fingerprint density at radius 2 is 2.50 bits per heavy atom. The van der Waals surface area contributed by atoms with E-state index < -0.39 is 0 Å². The Hall–Kier alpha value is -1.58. The molecule has 2 N–H and O–H groups in total. The molecule has 1 amide bonds. The Labute approximate surface area is 82.4 Å². The van der Waals surface area contributed by atoms with Gasteiger partial charge >= 0.3 is 0 Å². The molecule has 0 bridgehead atoms. The first-order chi connectivity index (χ1) is 6.86. The second kappa shape index (κ2) is 4.09. The molecule has 1 aromatic heterocycles. The monoisotopic (exact) mass is 191 g/mol. The molecule has 0 fully saturated rings. The minimum Gasteiger partial charge on any atom is -0.349 e. The zero-order valence-corrected chi connectivity index (χ0v) is 7.86. The van der Waals surface area contributed by atoms with Gasteiger partial charge in [0.2, 0.25) is 0 Å². The summed E-state index contributed by atoms with van der Waals surface area (Å²) in [6.45, 7) is 0. The van der Waals surface area contributed by atoms with Crippen LogP contribution in [0, 0.1) is 0 Å². The minimum atomic E-state index is -0.0425. The van der Waals surface area contributed by atoms with Crippen LogP contribution in [0.15, 0.2) is 24.5 Å². The number of carbonyl (C=O) groups is 1. The summed E-state index contributed by atoms with van der Waals surface area (Å²) in [5.74, 6) is -0.0425. The van der Waals surface area contributed by atoms with Crippen LogP contribution in [0.25, 0.3) is 0 Å². The predicted octanol–water partition coefficient (Wildman–Crippen LogP) is 1.25. The number of nitrogens with one attached hydrogen (secondary N) is 2. The number of hydrogen-bond acceptors (Lipinski definition) is 2. The standard InChI is InChI=1S/C10H13N3O/c14-10(8-6-11-12-7-8)13-9-4-2-1-3-5-9/h1-2,6-7,9H,3-5H2,(H,11,12)(H,13,14). The molecule has 1 atom stereocenters. The molecule has 1 aromatic rings. The van der Waals surface area contributed by atoms with Gasteiger partial charge < -0.3 is 5.32 Å². The Bertz CT molecular complexity index is 329. The summed E-state index contributed by atoms with van der Waals surface area (Å²) >= 11 is 0. The van der Waals surface area contributed by atoms with Crippen LogP contribution in [0.4, 0.5) is 0 Å². The maximum atomic E-state index is 11.6. The SMILES string of the molecule is O=C(NC1CC=CCC1)c1cn[nH]c1. The van der Waals surface area contributed by atoms with Crippen molar-refractivity contribution in [2.24, 2.45) is 0 Å². The van der Waals surface area contributed by atoms with E-state index in [0.29, 0.717) is 5.56 Å². The average molecular weight is 191 g/mol. The molecule has 1 aliphatic rings. The topological polar surface area (TPSA) is 57.8 Å². The van der Waals surface area contributed by atoms with Crippen LogP contribution in [0.2, 0.25) is 0 Å². The smallest absolute Gasteiger partial charge is 0.254 e. The highest BCUT2D eigenvalue weighted by Gasteiger charge is 2.14. The van der Waals surface area contributed by atoms with Crippen molar-refractivity contribution in [2.45, 2.75) is 25.3 Å². The predicted molar refractivity (Wildman–Crippen MR) is 52.8 cm³/mol. The second-order valence-corrected chi connectivity index (χ2v) is 3.44. The van der Waals surface area contributed by atoms with Gasteiger partial charge in [-0.05, 0) is 19.3 Å². The Morgan fingerprint density at radius 3 is 3.14 bits per heavy atom. The fraction of sp³-hybridized carbons (Fsp3) is 0.400. The van der Waals surface area contributed by atoms with Crippen molar-refractivity contribution in [1.29, 1.82) is 0 Å². The van der Waals surface area contributed by atoms with Crippen molar-refractivity contribution < 1.29 is 4.79 Å². The van der Waals surface area contributed by atoms with E-state index in [1.165, 1.54) is 6.20 Å². The minimum absolute atomic E-state index is 0.0425. The molecule has 1 unspecified atom stereocenters. The zero-order chi connectivity index (χ0) is 9.80. The fourth-order valence-corrected chi connectivity index (χ4v) is 1.57. The summed E-state index contributed by atoms with van der Waals surface area (Å²) in [5, 5.41) is 9.33. The molecule has 0 spiro atoms. The van der Waals surface area contributed by atoms with Crippen molar-refractivity contribution >= 4 is 5.91 Å². The summed E-state index contributed by atoms with van der Waals surface area (Å²) in [5.41, 5.74) is 0.597. The maximum Gasteiger partial charge on any atom is 0.254 e. The van der Waals surface area contributed by atoms with Gasteiger partial charge in [0.25, 0.3) is 5.91 Å². The molecular weight excluding hydrogens is 178 g/mol. The molecule has 4 heteroatoms. The van der Waals surface area contributed by atoms with Gasteiger partial charge in [-0.2, -0.15) is 5.10 Å². The molecular formula is C10H13N3O. The molecule has 0 radical (unpaired) electrons. The fourth-order valence-electron chi connectivity index (χ4n) is 1.57. The van der Waals surface area contributed by atoms with E-state index in [0.717, 1.165) is 19.3 Å². The molecule has 1 heterocycles. The van der Waals surface area contributed by atoms with Gasteiger partial charge in [0.05, 0.1) is 11.8 Å². The number of aromatic nitrogens is 2. The summed E-state index contributed by atoms with van der Waals surface area (Å²) in [6.07, 6.45) is 10.4. The lowest BCUT2D eigenvalue weighted by Gasteiger charge is -2.18. The summed E-state index contributed by atoms with van der Waals surface area (Å²) < 4.78 is 0. The lowest BCUT2D eigenvalue weighted by molar-refractivity contribution is 0.0935. The van der Waals surface area contributed by atoms with E-state index in [1.807, 2.05) is 0 Å². The Balaban J connectivity index is 1.91. The Morgan fingerprint density at radius 1 is 1.57 bits per heavy atom. The van der Waals surface area contributed by atoms with Crippen molar-refractivity contribution in [3.8, 4) is 0 Å². The van der Waals surface area contributed by atoms with Gasteiger partial charge in [-0.1, -0.05) is 12.2 Å². The normalized spacial score (nSPS) is 20.7. The van der Waals surface area contributed by atoms with Crippen LogP contribution < -0.4 is 5.32 Å². The van der Waals surface area contributed by atoms with Crippen LogP contribution in [0.5, 0.6) is 0 Å². The molecule has 0 saturated heterocycles. The van der Waals surface area contributed by atoms with Crippen molar-refractivity contribution in [2.75, 3.05) is 0 Å². The van der Waals surface area contributed by atoms with Gasteiger partial charge in [-0.3, -0.25) is 9.89 Å². The number of rotatable bonds is 2. The van der Waals surface area contributed by atoms with Crippen LogP contribution in [-0.4, -0.2) is 22.1 Å². The first-order valence-electron chi connectivity index (χ1n) is 4.81. The van der Waals surface area contributed by atoms with E-state index in [1.54, 1.807) is 6.20 Å². The third-order valence-electron chi connectivity index (χ3n) is 2.36. The molecule has 0 aliphatic heterocycles. The number of aromatic amines is 1. The molecule has 1 aliphatic carbocycles. The first kappa shape index (κ1) is 8.99. The Kier molecular flexibility index (Phi) is 2.62. The quantitative estimate of drug-likeness (QED) is 0.691. The third-order valence-corrected chi connectivity index (χ3v) is 2.36. The molecule has 14 heavy (non-hydrogen) atoms. The molecule has 74 valence electrons. The van der Waals surface area contributed by atoms with Crippen LogP contribution >= 0.6 is 0 Å². The number of carbonyl (C=O) groups excluding carboxylic acids is 1. The van der Waals surface area contributed by atoms with Crippen LogP contribution in [0.3, 0.4) is 0 Å². The van der Waals surface area contributed by atoms with Gasteiger partial charge in [0.1, 0.15) is 0 Å². The third kappa shape index (κ3) is 2.02. The van der Waals surface area contributed by atoms with E-state index >= 15 is 0 Å². The van der Waals surface area contributed by atoms with Crippen molar-refractivity contribution in [1.82, 2.24) is 15.5 Å². The average Bonchev–Trinajstić information content (AvgIpc) is 2.72. The molecule has 0 saturated carbocycles. The maximum absolute atomic E-state index is 11.6. The van der Waals surface area contributed by atoms with E-state index in [9.17, 15) is 4.79 Å². The number of H-pyrrole nitrogens is 1. The van der Waals surface area contributed by atoms with Gasteiger partial charge in [-0.25, -0.2) is 0 Å². The number of hydrogen-bond donors (Lipinski definition) is 2. The van der Waals surface area contributed by atoms with Gasteiger partial charge in [-0.15, -0.1) is 0 Å². The number of allylic oxidation sites excluding steroid dienone is 1. The van der Waals surface area contributed by atoms with E-state index in [-0.39, 0.29) is 11.9 Å². The summed E-state index contributed by atoms with van der Waals surface area (Å²) in [6, 6.07) is 0.280. The molecule has 2 rings (SSSR count). The van der Waals surface area contributed by atoms with E-state index in [2.05, 4.69) is 27.7 Å². The molecule has 4 nitrogen and oxygen atoms in total. The van der Waals surface area contributed by atoms with E-state index in [4.69, 9.17) is 0 Å². The lowest BCUT2D eigenvalue weighted by Crippen LogP contribution is -2.35. The highest BCUT2D eigenvalue weighted by molar-refractivity contribution is 5.93. The van der Waals surface area contributed by atoms with Gasteiger partial charge in [0.15, 0.2) is 0 Å². The molecule has 0 aromatic carbocycles. The number of amides is 1. The zero-order valence-electron chi connectivity index (χ0n) is 7.86. The highest BCUT2D eigenvalue weighted by atomic mass is 16.1. The lowest BCUT2D eigenvalue weighted by atomic mass is 10.0. The summed E-state index contributed by atoms with van der Waals surface area (Å²) in [4.78, 5) is 11.6. The summed E-state index contributed by atoms with van der Waals surface area (Å²) in [7, 11) is 0. The van der Waals surface area contributed by atoms with Crippen LogP contribution in [0.1, 0.15) is 29.6 Å². The second-order valence-electron chi connectivity index (χ2n) is 3.44. The first-order valence-corrected chi connectivity index (χ1v) is 4.81.